The fraction of sp³-hybridized carbons (Fsp3) is 0.543. The number of ether oxygens (including phenoxy) is 6. The van der Waals surface area contributed by atoms with Crippen LogP contribution in [0, 0.1) is 6.92 Å². The zero-order valence-corrected chi connectivity index (χ0v) is 26.4. The monoisotopic (exact) mass is 596 g/mol. The first kappa shape index (κ1) is 34.1. The van der Waals surface area contributed by atoms with Crippen molar-refractivity contribution in [2.75, 3.05) is 40.6 Å². The summed E-state index contributed by atoms with van der Waals surface area (Å²) in [5, 5.41) is 3.46. The maximum absolute atomic E-state index is 12.4. The van der Waals surface area contributed by atoms with Crippen LogP contribution in [0.2, 0.25) is 0 Å². The molecule has 0 aromatic heterocycles. The largest absolute Gasteiger partial charge is 0.488 e. The molecule has 0 saturated carbocycles. The van der Waals surface area contributed by atoms with Gasteiger partial charge in [0, 0.05) is 48.6 Å². The molecule has 0 N–H and O–H groups in total. The van der Waals surface area contributed by atoms with Gasteiger partial charge < -0.3 is 28.4 Å². The molecule has 0 aliphatic carbocycles. The quantitative estimate of drug-likeness (QED) is 0.0761. The van der Waals surface area contributed by atoms with Crippen LogP contribution in [-0.2, 0) is 28.5 Å². The van der Waals surface area contributed by atoms with Crippen molar-refractivity contribution in [2.45, 2.75) is 84.3 Å². The van der Waals surface area contributed by atoms with E-state index < -0.39 is 12.2 Å². The Morgan fingerprint density at radius 2 is 1.09 bits per heavy atom. The lowest BCUT2D eigenvalue weighted by molar-refractivity contribution is -0.154. The second-order valence-corrected chi connectivity index (χ2v) is 10.9. The number of hydrogen-bond acceptors (Lipinski definition) is 8. The van der Waals surface area contributed by atoms with Gasteiger partial charge in [0.25, 0.3) is 0 Å². The van der Waals surface area contributed by atoms with Crippen molar-refractivity contribution >= 4 is 33.5 Å². The van der Waals surface area contributed by atoms with E-state index in [0.717, 1.165) is 65.6 Å². The summed E-state index contributed by atoms with van der Waals surface area (Å²) in [5.74, 6) is 0.868. The molecule has 0 fully saturated rings. The number of aryl methyl sites for hydroxylation is 1. The zero-order chi connectivity index (χ0) is 31.0. The summed E-state index contributed by atoms with van der Waals surface area (Å²) >= 11 is 0. The Morgan fingerprint density at radius 1 is 0.628 bits per heavy atom. The first-order chi connectivity index (χ1) is 20.9. The molecule has 8 heteroatoms. The molecule has 2 atom stereocenters. The van der Waals surface area contributed by atoms with Crippen molar-refractivity contribution in [1.82, 2.24) is 0 Å². The number of carbonyl (C=O) groups is 2. The standard InChI is InChI=1S/C35H48O8/c1-6-8-10-16-32(36)42-26(21-38-4)23-40-34-28-14-12-13-15-29(28)35(31-20-25(3)18-19-30(31)34)41-24-27(22-39-5)43-33(37)17-11-9-7-2/h12-15,18-20,26-27H,6-11,16-17,21-24H2,1-5H3. The van der Waals surface area contributed by atoms with Crippen LogP contribution in [0.5, 0.6) is 11.5 Å². The summed E-state index contributed by atoms with van der Waals surface area (Å²) < 4.78 is 35.0. The average molecular weight is 597 g/mol. The van der Waals surface area contributed by atoms with Gasteiger partial charge in [0.1, 0.15) is 24.7 Å². The Balaban J connectivity index is 1.89. The minimum atomic E-state index is -0.546. The van der Waals surface area contributed by atoms with Crippen molar-refractivity contribution in [1.29, 1.82) is 0 Å². The van der Waals surface area contributed by atoms with Gasteiger partial charge in [-0.15, -0.1) is 0 Å². The maximum atomic E-state index is 12.4. The zero-order valence-electron chi connectivity index (χ0n) is 26.4. The normalized spacial score (nSPS) is 12.7. The molecule has 2 unspecified atom stereocenters. The lowest BCUT2D eigenvalue weighted by Gasteiger charge is -2.23. The molecule has 0 spiro atoms. The third kappa shape index (κ3) is 10.4. The number of benzene rings is 3. The smallest absolute Gasteiger partial charge is 0.306 e. The van der Waals surface area contributed by atoms with E-state index in [-0.39, 0.29) is 38.4 Å². The van der Waals surface area contributed by atoms with E-state index in [2.05, 4.69) is 19.9 Å². The van der Waals surface area contributed by atoms with E-state index in [0.29, 0.717) is 24.3 Å². The molecule has 0 aliphatic rings. The molecule has 3 aromatic carbocycles. The Kier molecular flexibility index (Phi) is 14.6. The van der Waals surface area contributed by atoms with Crippen molar-refractivity contribution in [3.63, 3.8) is 0 Å². The number of unbranched alkanes of at least 4 members (excludes halogenated alkanes) is 4. The van der Waals surface area contributed by atoms with Gasteiger partial charge in [-0.2, -0.15) is 0 Å². The van der Waals surface area contributed by atoms with Crippen LogP contribution in [0.4, 0.5) is 0 Å². The third-order valence-electron chi connectivity index (χ3n) is 7.18. The Bertz CT molecular complexity index is 1300. The Hall–Kier alpha value is -3.36. The lowest BCUT2D eigenvalue weighted by atomic mass is 9.99. The van der Waals surface area contributed by atoms with Crippen LogP contribution in [0.3, 0.4) is 0 Å². The highest BCUT2D eigenvalue weighted by atomic mass is 16.6. The summed E-state index contributed by atoms with van der Waals surface area (Å²) in [5.41, 5.74) is 1.06. The summed E-state index contributed by atoms with van der Waals surface area (Å²) in [6, 6.07) is 14.0. The molecule has 3 aromatic rings. The fourth-order valence-corrected chi connectivity index (χ4v) is 5.01. The molecular formula is C35H48O8. The van der Waals surface area contributed by atoms with Crippen molar-refractivity contribution in [3.05, 3.63) is 48.0 Å². The summed E-state index contributed by atoms with van der Waals surface area (Å²) in [6.07, 6.45) is 5.31. The minimum absolute atomic E-state index is 0.143. The highest BCUT2D eigenvalue weighted by molar-refractivity contribution is 6.11. The van der Waals surface area contributed by atoms with E-state index in [9.17, 15) is 9.59 Å². The number of methoxy groups -OCH3 is 2. The van der Waals surface area contributed by atoms with Gasteiger partial charge in [0.2, 0.25) is 0 Å². The summed E-state index contributed by atoms with van der Waals surface area (Å²) in [4.78, 5) is 24.9. The molecule has 236 valence electrons. The second kappa shape index (κ2) is 18.3. The molecular weight excluding hydrogens is 548 g/mol. The second-order valence-electron chi connectivity index (χ2n) is 10.9. The minimum Gasteiger partial charge on any atom is -0.488 e. The van der Waals surface area contributed by atoms with Gasteiger partial charge in [-0.3, -0.25) is 9.59 Å². The number of fused-ring (bicyclic) bond motifs is 2. The average Bonchev–Trinajstić information content (AvgIpc) is 2.99. The molecule has 0 aliphatic heterocycles. The number of hydrogen-bond donors (Lipinski definition) is 0. The third-order valence-corrected chi connectivity index (χ3v) is 7.18. The van der Waals surface area contributed by atoms with Gasteiger partial charge in [0.05, 0.1) is 13.2 Å². The molecule has 0 radical (unpaired) electrons. The molecule has 3 rings (SSSR count). The van der Waals surface area contributed by atoms with Gasteiger partial charge >= 0.3 is 11.9 Å². The van der Waals surface area contributed by atoms with Crippen LogP contribution in [0.1, 0.15) is 70.8 Å². The first-order valence-corrected chi connectivity index (χ1v) is 15.5. The van der Waals surface area contributed by atoms with Crippen LogP contribution in [0.15, 0.2) is 42.5 Å². The molecule has 0 bridgehead atoms. The number of rotatable bonds is 20. The van der Waals surface area contributed by atoms with Gasteiger partial charge in [-0.25, -0.2) is 0 Å². The SMILES string of the molecule is CCCCCC(=O)OC(COC)COc1c2ccccc2c(OCC(COC)OC(=O)CCCCC)c2cc(C)ccc12. The maximum Gasteiger partial charge on any atom is 0.306 e. The van der Waals surface area contributed by atoms with E-state index in [1.165, 1.54) is 0 Å². The molecule has 0 saturated heterocycles. The first-order valence-electron chi connectivity index (χ1n) is 15.5. The topological polar surface area (TPSA) is 89.5 Å². The predicted octanol–water partition coefficient (Wildman–Crippen LogP) is 7.34. The van der Waals surface area contributed by atoms with Gasteiger partial charge in [-0.05, 0) is 25.8 Å². The van der Waals surface area contributed by atoms with Crippen LogP contribution < -0.4 is 9.47 Å². The van der Waals surface area contributed by atoms with E-state index >= 15 is 0 Å². The summed E-state index contributed by atoms with van der Waals surface area (Å²) in [7, 11) is 3.16. The molecule has 0 heterocycles. The van der Waals surface area contributed by atoms with Gasteiger partial charge in [0.15, 0.2) is 12.2 Å². The lowest BCUT2D eigenvalue weighted by Crippen LogP contribution is -2.30. The van der Waals surface area contributed by atoms with Crippen molar-refractivity contribution in [2.24, 2.45) is 0 Å². The number of esters is 2. The van der Waals surface area contributed by atoms with E-state index in [1.54, 1.807) is 14.2 Å². The van der Waals surface area contributed by atoms with Crippen molar-refractivity contribution < 1.29 is 38.0 Å². The number of carbonyl (C=O) groups excluding carboxylic acids is 2. The van der Waals surface area contributed by atoms with Crippen LogP contribution in [-0.4, -0.2) is 64.8 Å². The van der Waals surface area contributed by atoms with E-state index in [4.69, 9.17) is 28.4 Å². The Labute approximate surface area is 255 Å². The van der Waals surface area contributed by atoms with Crippen LogP contribution >= 0.6 is 0 Å². The highest BCUT2D eigenvalue weighted by Crippen LogP contribution is 2.43. The fourth-order valence-electron chi connectivity index (χ4n) is 5.01. The highest BCUT2D eigenvalue weighted by Gasteiger charge is 2.22. The van der Waals surface area contributed by atoms with Gasteiger partial charge in [-0.1, -0.05) is 81.5 Å². The van der Waals surface area contributed by atoms with Crippen LogP contribution in [0.25, 0.3) is 21.5 Å². The summed E-state index contributed by atoms with van der Waals surface area (Å²) in [6.45, 7) is 6.97. The Morgan fingerprint density at radius 3 is 1.56 bits per heavy atom. The predicted molar refractivity (Wildman–Crippen MR) is 169 cm³/mol. The molecule has 8 nitrogen and oxygen atoms in total. The molecule has 43 heavy (non-hydrogen) atoms. The molecule has 0 amide bonds. The van der Waals surface area contributed by atoms with Crippen molar-refractivity contribution in [3.8, 4) is 11.5 Å². The van der Waals surface area contributed by atoms with E-state index in [1.807, 2.05) is 43.3 Å².